The molecule has 1 rings (SSSR count). The van der Waals surface area contributed by atoms with Crippen molar-refractivity contribution in [2.75, 3.05) is 6.54 Å². The van der Waals surface area contributed by atoms with E-state index in [9.17, 15) is 0 Å². The first-order valence-electron chi connectivity index (χ1n) is 4.72. The average Bonchev–Trinajstić information content (AvgIpc) is 1.75. The van der Waals surface area contributed by atoms with Crippen LogP contribution in [-0.2, 0) is 0 Å². The van der Waals surface area contributed by atoms with E-state index >= 15 is 0 Å². The Morgan fingerprint density at radius 2 is 1.82 bits per heavy atom. The van der Waals surface area contributed by atoms with Gasteiger partial charge in [-0.05, 0) is 36.6 Å². The fourth-order valence-corrected chi connectivity index (χ4v) is 2.25. The average molecular weight is 155 g/mol. The molecule has 11 heavy (non-hydrogen) atoms. The summed E-state index contributed by atoms with van der Waals surface area (Å²) in [7, 11) is 0. The van der Waals surface area contributed by atoms with E-state index in [0.717, 1.165) is 6.54 Å². The third-order valence-corrected chi connectivity index (χ3v) is 3.52. The van der Waals surface area contributed by atoms with Crippen molar-refractivity contribution < 1.29 is 0 Å². The van der Waals surface area contributed by atoms with Crippen LogP contribution in [0.25, 0.3) is 0 Å². The fraction of sp³-hybridized carbons (Fsp3) is 1.00. The summed E-state index contributed by atoms with van der Waals surface area (Å²) in [6.45, 7) is 7.91. The predicted molar refractivity (Wildman–Crippen MR) is 49.4 cm³/mol. The van der Waals surface area contributed by atoms with Crippen molar-refractivity contribution in [3.8, 4) is 0 Å². The molecule has 0 aromatic carbocycles. The molecule has 0 unspecified atom stereocenters. The molecule has 0 amide bonds. The van der Waals surface area contributed by atoms with Crippen molar-refractivity contribution >= 4 is 0 Å². The molecule has 1 saturated carbocycles. The van der Waals surface area contributed by atoms with Gasteiger partial charge in [0.2, 0.25) is 0 Å². The number of rotatable bonds is 2. The van der Waals surface area contributed by atoms with Crippen LogP contribution in [0.4, 0.5) is 0 Å². The van der Waals surface area contributed by atoms with Gasteiger partial charge in [-0.25, -0.2) is 0 Å². The van der Waals surface area contributed by atoms with Gasteiger partial charge in [0, 0.05) is 0 Å². The van der Waals surface area contributed by atoms with Crippen LogP contribution < -0.4 is 5.73 Å². The highest BCUT2D eigenvalue weighted by Gasteiger charge is 2.45. The zero-order chi connectivity index (χ0) is 8.54. The lowest BCUT2D eigenvalue weighted by Gasteiger charge is -2.52. The Balaban J connectivity index is 2.60. The topological polar surface area (TPSA) is 26.0 Å². The van der Waals surface area contributed by atoms with Crippen LogP contribution in [0.5, 0.6) is 0 Å². The minimum atomic E-state index is 0.463. The smallest absolute Gasteiger partial charge is 0.00718 e. The lowest BCUT2D eigenvalue weighted by molar-refractivity contribution is -0.00930. The molecule has 66 valence electrons. The molecule has 0 aromatic heterocycles. The largest absolute Gasteiger partial charge is 0.330 e. The van der Waals surface area contributed by atoms with E-state index in [1.54, 1.807) is 0 Å². The van der Waals surface area contributed by atoms with E-state index in [-0.39, 0.29) is 0 Å². The third-order valence-electron chi connectivity index (χ3n) is 3.52. The minimum absolute atomic E-state index is 0.463. The van der Waals surface area contributed by atoms with Crippen molar-refractivity contribution in [3.05, 3.63) is 0 Å². The number of nitrogens with two attached hydrogens (primary N) is 1. The van der Waals surface area contributed by atoms with Gasteiger partial charge < -0.3 is 5.73 Å². The van der Waals surface area contributed by atoms with Crippen LogP contribution in [0.2, 0.25) is 0 Å². The summed E-state index contributed by atoms with van der Waals surface area (Å²) in [6.07, 6.45) is 5.43. The van der Waals surface area contributed by atoms with Crippen LogP contribution in [0, 0.1) is 10.8 Å². The van der Waals surface area contributed by atoms with Crippen LogP contribution in [0.3, 0.4) is 0 Å². The molecule has 0 aromatic rings. The summed E-state index contributed by atoms with van der Waals surface area (Å²) >= 11 is 0. The van der Waals surface area contributed by atoms with Gasteiger partial charge in [0.05, 0.1) is 0 Å². The second kappa shape index (κ2) is 2.78. The molecule has 1 heteroatoms. The number of hydrogen-bond acceptors (Lipinski definition) is 1. The second-order valence-corrected chi connectivity index (χ2v) is 4.92. The summed E-state index contributed by atoms with van der Waals surface area (Å²) in [5.41, 5.74) is 6.67. The van der Waals surface area contributed by atoms with Gasteiger partial charge >= 0.3 is 0 Å². The molecule has 1 aliphatic carbocycles. The predicted octanol–water partition coefficient (Wildman–Crippen LogP) is 2.55. The molecule has 0 aliphatic heterocycles. The van der Waals surface area contributed by atoms with E-state index in [4.69, 9.17) is 5.73 Å². The number of hydrogen-bond donors (Lipinski definition) is 1. The fourth-order valence-electron chi connectivity index (χ4n) is 2.25. The lowest BCUT2D eigenvalue weighted by atomic mass is 9.53. The van der Waals surface area contributed by atoms with Crippen molar-refractivity contribution in [2.45, 2.75) is 46.5 Å². The van der Waals surface area contributed by atoms with Gasteiger partial charge in [-0.15, -0.1) is 0 Å². The molecular weight excluding hydrogens is 134 g/mol. The van der Waals surface area contributed by atoms with Gasteiger partial charge in [-0.2, -0.15) is 0 Å². The Morgan fingerprint density at radius 1 is 1.27 bits per heavy atom. The summed E-state index contributed by atoms with van der Waals surface area (Å²) in [6, 6.07) is 0. The van der Waals surface area contributed by atoms with Crippen molar-refractivity contribution in [2.24, 2.45) is 16.6 Å². The normalized spacial score (nSPS) is 22.9. The van der Waals surface area contributed by atoms with Gasteiger partial charge in [0.15, 0.2) is 0 Å². The van der Waals surface area contributed by atoms with Gasteiger partial charge in [0.1, 0.15) is 0 Å². The maximum absolute atomic E-state index is 5.62. The van der Waals surface area contributed by atoms with Crippen molar-refractivity contribution in [1.29, 1.82) is 0 Å². The van der Waals surface area contributed by atoms with Crippen LogP contribution in [0.1, 0.15) is 46.5 Å². The summed E-state index contributed by atoms with van der Waals surface area (Å²) in [4.78, 5) is 0. The van der Waals surface area contributed by atoms with Crippen LogP contribution >= 0.6 is 0 Å². The zero-order valence-corrected chi connectivity index (χ0v) is 8.11. The second-order valence-electron chi connectivity index (χ2n) is 4.92. The van der Waals surface area contributed by atoms with Crippen LogP contribution in [-0.4, -0.2) is 6.54 Å². The standard InChI is InChI=1S/C10H21N/c1-9(2,3)10(7-8-11)5-4-6-10/h4-8,11H2,1-3H3. The quantitative estimate of drug-likeness (QED) is 0.651. The molecule has 2 N–H and O–H groups in total. The highest BCUT2D eigenvalue weighted by Crippen LogP contribution is 2.55. The summed E-state index contributed by atoms with van der Waals surface area (Å²) < 4.78 is 0. The molecule has 1 fully saturated rings. The van der Waals surface area contributed by atoms with Crippen LogP contribution in [0.15, 0.2) is 0 Å². The first-order valence-corrected chi connectivity index (χ1v) is 4.72. The SMILES string of the molecule is CC(C)(C)C1(CCN)CCC1. The van der Waals surface area contributed by atoms with E-state index in [1.165, 1.54) is 25.7 Å². The van der Waals surface area contributed by atoms with Gasteiger partial charge in [-0.1, -0.05) is 27.2 Å². The highest BCUT2D eigenvalue weighted by atomic mass is 14.6. The monoisotopic (exact) mass is 155 g/mol. The van der Waals surface area contributed by atoms with Crippen molar-refractivity contribution in [1.82, 2.24) is 0 Å². The first kappa shape index (κ1) is 9.05. The Labute approximate surface area is 70.4 Å². The van der Waals surface area contributed by atoms with E-state index < -0.39 is 0 Å². The Hall–Kier alpha value is -0.0400. The molecular formula is C10H21N. The van der Waals surface area contributed by atoms with Crippen molar-refractivity contribution in [3.63, 3.8) is 0 Å². The molecule has 0 heterocycles. The summed E-state index contributed by atoms with van der Waals surface area (Å²) in [5, 5.41) is 0. The molecule has 1 nitrogen and oxygen atoms in total. The van der Waals surface area contributed by atoms with E-state index in [2.05, 4.69) is 20.8 Å². The molecule has 0 saturated heterocycles. The van der Waals surface area contributed by atoms with Gasteiger partial charge in [-0.3, -0.25) is 0 Å². The molecule has 0 atom stereocenters. The Bertz CT molecular complexity index is 128. The Morgan fingerprint density at radius 3 is 1.91 bits per heavy atom. The third kappa shape index (κ3) is 1.44. The first-order chi connectivity index (χ1) is 5.02. The molecule has 0 radical (unpaired) electrons. The molecule has 0 bridgehead atoms. The highest BCUT2D eigenvalue weighted by molar-refractivity contribution is 4.96. The maximum Gasteiger partial charge on any atom is -0.00718 e. The maximum atomic E-state index is 5.62. The summed E-state index contributed by atoms with van der Waals surface area (Å²) in [5.74, 6) is 0. The van der Waals surface area contributed by atoms with Gasteiger partial charge in [0.25, 0.3) is 0 Å². The Kier molecular flexibility index (Phi) is 2.29. The lowest BCUT2D eigenvalue weighted by Crippen LogP contribution is -2.43. The minimum Gasteiger partial charge on any atom is -0.330 e. The molecule has 1 aliphatic rings. The molecule has 0 spiro atoms. The van der Waals surface area contributed by atoms with E-state index in [1.807, 2.05) is 0 Å². The zero-order valence-electron chi connectivity index (χ0n) is 8.11. The van der Waals surface area contributed by atoms with E-state index in [0.29, 0.717) is 10.8 Å².